The molecule has 3 atom stereocenters. The molecule has 0 spiro atoms. The van der Waals surface area contributed by atoms with Gasteiger partial charge in [0.25, 0.3) is 0 Å². The molecule has 0 aliphatic heterocycles. The molecule has 5 nitrogen and oxygen atoms in total. The number of nitrogens with one attached hydrogen (secondary N) is 1. The number of methoxy groups -OCH3 is 1. The Bertz CT molecular complexity index is 346. The molecule has 1 rings (SSSR count). The van der Waals surface area contributed by atoms with E-state index in [0.29, 0.717) is 13.0 Å². The van der Waals surface area contributed by atoms with E-state index in [9.17, 15) is 9.59 Å². The van der Waals surface area contributed by atoms with Crippen molar-refractivity contribution in [1.82, 2.24) is 5.32 Å². The number of carbonyl (C=O) groups excluding carboxylic acids is 2. The lowest BCUT2D eigenvalue weighted by Crippen LogP contribution is -2.44. The number of hydrogen-bond donors (Lipinski definition) is 1. The average molecular weight is 313 g/mol. The van der Waals surface area contributed by atoms with Crippen LogP contribution < -0.4 is 5.32 Å². The maximum absolute atomic E-state index is 12.0. The van der Waals surface area contributed by atoms with Gasteiger partial charge in [-0.25, -0.2) is 0 Å². The lowest BCUT2D eigenvalue weighted by Gasteiger charge is -2.27. The molecule has 0 unspecified atom stereocenters. The van der Waals surface area contributed by atoms with Crippen LogP contribution in [0.3, 0.4) is 0 Å². The molecule has 0 bridgehead atoms. The Morgan fingerprint density at radius 3 is 2.64 bits per heavy atom. The third-order valence-corrected chi connectivity index (χ3v) is 4.34. The summed E-state index contributed by atoms with van der Waals surface area (Å²) in [7, 11) is 1.47. The van der Waals surface area contributed by atoms with Crippen LogP contribution in [-0.2, 0) is 19.1 Å². The second-order valence-corrected chi connectivity index (χ2v) is 6.14. The van der Waals surface area contributed by atoms with Crippen LogP contribution in [0.1, 0.15) is 65.2 Å². The van der Waals surface area contributed by atoms with E-state index in [2.05, 4.69) is 12.2 Å². The lowest BCUT2D eigenvalue weighted by atomic mass is 9.93. The van der Waals surface area contributed by atoms with Gasteiger partial charge in [0.2, 0.25) is 0 Å². The SMILES string of the molecule is CCOC(=O)CCC[C@H](C)N[C@H]1CCCCC[C@@H]1C(=O)OC. The maximum atomic E-state index is 12.0. The highest BCUT2D eigenvalue weighted by molar-refractivity contribution is 5.73. The van der Waals surface area contributed by atoms with Crippen LogP contribution in [0.5, 0.6) is 0 Å². The molecular weight excluding hydrogens is 282 g/mol. The van der Waals surface area contributed by atoms with Gasteiger partial charge in [0.15, 0.2) is 0 Å². The fourth-order valence-electron chi connectivity index (χ4n) is 3.18. The molecule has 1 aliphatic rings. The second-order valence-electron chi connectivity index (χ2n) is 6.14. The number of hydrogen-bond acceptors (Lipinski definition) is 5. The van der Waals surface area contributed by atoms with Gasteiger partial charge < -0.3 is 14.8 Å². The molecule has 0 amide bonds. The largest absolute Gasteiger partial charge is 0.469 e. The van der Waals surface area contributed by atoms with Crippen molar-refractivity contribution in [3.8, 4) is 0 Å². The Labute approximate surface area is 134 Å². The predicted octanol–water partition coefficient (Wildman–Crippen LogP) is 2.82. The van der Waals surface area contributed by atoms with E-state index in [1.165, 1.54) is 13.5 Å². The van der Waals surface area contributed by atoms with Gasteiger partial charge in [-0.3, -0.25) is 9.59 Å². The zero-order chi connectivity index (χ0) is 16.4. The summed E-state index contributed by atoms with van der Waals surface area (Å²) in [4.78, 5) is 23.3. The number of rotatable bonds is 8. The summed E-state index contributed by atoms with van der Waals surface area (Å²) < 4.78 is 9.89. The molecule has 1 fully saturated rings. The third kappa shape index (κ3) is 6.77. The van der Waals surface area contributed by atoms with Crippen molar-refractivity contribution in [2.75, 3.05) is 13.7 Å². The Kier molecular flexibility index (Phi) is 9.13. The first-order valence-electron chi connectivity index (χ1n) is 8.58. The van der Waals surface area contributed by atoms with Crippen LogP contribution in [-0.4, -0.2) is 37.7 Å². The number of ether oxygens (including phenoxy) is 2. The molecule has 5 heteroatoms. The summed E-state index contributed by atoms with van der Waals surface area (Å²) in [5.41, 5.74) is 0. The molecular formula is C17H31NO4. The minimum absolute atomic E-state index is 0.0417. The van der Waals surface area contributed by atoms with Gasteiger partial charge in [-0.05, 0) is 39.5 Å². The molecule has 1 N–H and O–H groups in total. The third-order valence-electron chi connectivity index (χ3n) is 4.34. The topological polar surface area (TPSA) is 64.6 Å². The Balaban J connectivity index is 2.40. The van der Waals surface area contributed by atoms with E-state index in [-0.39, 0.29) is 29.9 Å². The standard InChI is InChI=1S/C17H31NO4/c1-4-22-16(19)12-8-9-13(2)18-15-11-7-5-6-10-14(15)17(20)21-3/h13-15,18H,4-12H2,1-3H3/t13-,14-,15-/m0/s1. The highest BCUT2D eigenvalue weighted by Crippen LogP contribution is 2.25. The fraction of sp³-hybridized carbons (Fsp3) is 0.882. The van der Waals surface area contributed by atoms with Gasteiger partial charge in [0.1, 0.15) is 0 Å². The first kappa shape index (κ1) is 18.9. The van der Waals surface area contributed by atoms with Crippen molar-refractivity contribution in [1.29, 1.82) is 0 Å². The van der Waals surface area contributed by atoms with Gasteiger partial charge in [-0.2, -0.15) is 0 Å². The van der Waals surface area contributed by atoms with Gasteiger partial charge in [-0.15, -0.1) is 0 Å². The minimum Gasteiger partial charge on any atom is -0.469 e. The normalized spacial score (nSPS) is 23.4. The fourth-order valence-corrected chi connectivity index (χ4v) is 3.18. The summed E-state index contributed by atoms with van der Waals surface area (Å²) in [6.07, 6.45) is 7.53. The van der Waals surface area contributed by atoms with E-state index in [1.807, 2.05) is 6.92 Å². The highest BCUT2D eigenvalue weighted by Gasteiger charge is 2.31. The molecule has 0 heterocycles. The number of esters is 2. The summed E-state index contributed by atoms with van der Waals surface area (Å²) >= 11 is 0. The van der Waals surface area contributed by atoms with Crippen molar-refractivity contribution in [3.63, 3.8) is 0 Å². The van der Waals surface area contributed by atoms with Gasteiger partial charge in [-0.1, -0.05) is 19.3 Å². The molecule has 0 aromatic rings. The van der Waals surface area contributed by atoms with Gasteiger partial charge >= 0.3 is 11.9 Å². The van der Waals surface area contributed by atoms with E-state index in [0.717, 1.165) is 38.5 Å². The van der Waals surface area contributed by atoms with Crippen LogP contribution in [0, 0.1) is 5.92 Å². The quantitative estimate of drug-likeness (QED) is 0.551. The molecule has 1 saturated carbocycles. The van der Waals surface area contributed by atoms with Crippen LogP contribution in [0.15, 0.2) is 0 Å². The molecule has 0 aromatic heterocycles. The van der Waals surface area contributed by atoms with Crippen molar-refractivity contribution in [2.45, 2.75) is 77.3 Å². The van der Waals surface area contributed by atoms with Crippen LogP contribution >= 0.6 is 0 Å². The van der Waals surface area contributed by atoms with Crippen molar-refractivity contribution >= 4 is 11.9 Å². The van der Waals surface area contributed by atoms with Crippen LogP contribution in [0.2, 0.25) is 0 Å². The summed E-state index contributed by atoms with van der Waals surface area (Å²) in [5.74, 6) is -0.269. The van der Waals surface area contributed by atoms with E-state index < -0.39 is 0 Å². The van der Waals surface area contributed by atoms with Crippen molar-refractivity contribution in [2.24, 2.45) is 5.92 Å². The van der Waals surface area contributed by atoms with Gasteiger partial charge in [0, 0.05) is 18.5 Å². The molecule has 0 saturated heterocycles. The predicted molar refractivity (Wildman–Crippen MR) is 85.5 cm³/mol. The van der Waals surface area contributed by atoms with E-state index in [1.54, 1.807) is 0 Å². The molecule has 22 heavy (non-hydrogen) atoms. The Morgan fingerprint density at radius 2 is 1.95 bits per heavy atom. The zero-order valence-electron chi connectivity index (χ0n) is 14.2. The zero-order valence-corrected chi connectivity index (χ0v) is 14.2. The smallest absolute Gasteiger partial charge is 0.310 e. The van der Waals surface area contributed by atoms with Gasteiger partial charge in [0.05, 0.1) is 19.6 Å². The minimum atomic E-state index is -0.128. The molecule has 0 aromatic carbocycles. The highest BCUT2D eigenvalue weighted by atomic mass is 16.5. The molecule has 0 radical (unpaired) electrons. The summed E-state index contributed by atoms with van der Waals surface area (Å²) in [5, 5.41) is 3.58. The Morgan fingerprint density at radius 1 is 1.23 bits per heavy atom. The van der Waals surface area contributed by atoms with E-state index >= 15 is 0 Å². The molecule has 128 valence electrons. The second kappa shape index (κ2) is 10.6. The first-order valence-corrected chi connectivity index (χ1v) is 8.58. The average Bonchev–Trinajstić information content (AvgIpc) is 2.72. The monoisotopic (exact) mass is 313 g/mol. The lowest BCUT2D eigenvalue weighted by molar-refractivity contribution is -0.147. The van der Waals surface area contributed by atoms with E-state index in [4.69, 9.17) is 9.47 Å². The van der Waals surface area contributed by atoms with Crippen LogP contribution in [0.4, 0.5) is 0 Å². The number of carbonyl (C=O) groups is 2. The summed E-state index contributed by atoms with van der Waals surface area (Å²) in [6.45, 7) is 4.38. The van der Waals surface area contributed by atoms with Crippen molar-refractivity contribution in [3.05, 3.63) is 0 Å². The molecule has 1 aliphatic carbocycles. The Hall–Kier alpha value is -1.10. The first-order chi connectivity index (χ1) is 10.6. The maximum Gasteiger partial charge on any atom is 0.310 e. The summed E-state index contributed by atoms with van der Waals surface area (Å²) in [6, 6.07) is 0.470. The van der Waals surface area contributed by atoms with Crippen molar-refractivity contribution < 1.29 is 19.1 Å². The van der Waals surface area contributed by atoms with Crippen LogP contribution in [0.25, 0.3) is 0 Å².